The summed E-state index contributed by atoms with van der Waals surface area (Å²) >= 11 is 0. The molecule has 2 atom stereocenters. The largest absolute Gasteiger partial charge is 0.444 e. The molecule has 264 valence electrons. The second kappa shape index (κ2) is 15.1. The summed E-state index contributed by atoms with van der Waals surface area (Å²) < 4.78 is 13.4. The highest BCUT2D eigenvalue weighted by Crippen LogP contribution is 2.40. The van der Waals surface area contributed by atoms with E-state index in [1.54, 1.807) is 12.0 Å². The average molecular weight is 679 g/mol. The molecule has 3 aromatic carbocycles. The first-order valence-corrected chi connectivity index (χ1v) is 17.8. The van der Waals surface area contributed by atoms with Crippen LogP contribution >= 0.6 is 0 Å². The maximum Gasteiger partial charge on any atom is 0.410 e. The van der Waals surface area contributed by atoms with E-state index >= 15 is 0 Å². The number of nitrogens with zero attached hydrogens (tertiary/aromatic N) is 3. The molecule has 1 aliphatic carbocycles. The maximum absolute atomic E-state index is 14.9. The number of carbonyl (C=O) groups is 3. The highest BCUT2D eigenvalue weighted by Gasteiger charge is 2.43. The molecule has 1 aliphatic heterocycles. The molecule has 50 heavy (non-hydrogen) atoms. The lowest BCUT2D eigenvalue weighted by Crippen LogP contribution is -2.51. The number of methoxy groups -OCH3 is 1. The molecule has 3 amide bonds. The second-order valence-corrected chi connectivity index (χ2v) is 14.7. The van der Waals surface area contributed by atoms with Gasteiger partial charge in [0.25, 0.3) is 0 Å². The molecule has 9 nitrogen and oxygen atoms in total. The number of aromatic nitrogens is 1. The van der Waals surface area contributed by atoms with E-state index < -0.39 is 11.5 Å². The molecule has 4 aromatic rings. The Kier molecular flexibility index (Phi) is 10.6. The SMILES string of the molecule is COCCCn1cc(CN(C(=O)[C@H]2CN(C(=O)OC(C)(C)C)CC[C@@H]2c2cccc(-c3ccc(NC(C)=O)cc3)c2)C2CC2)c2ccccc21. The molecule has 2 fully saturated rings. The summed E-state index contributed by atoms with van der Waals surface area (Å²) in [7, 11) is 1.73. The summed E-state index contributed by atoms with van der Waals surface area (Å²) in [5.41, 5.74) is 5.57. The Morgan fingerprint density at radius 2 is 1.70 bits per heavy atom. The van der Waals surface area contributed by atoms with Crippen LogP contribution in [0.2, 0.25) is 0 Å². The van der Waals surface area contributed by atoms with Crippen LogP contribution in [0.25, 0.3) is 22.0 Å². The number of carbonyl (C=O) groups excluding carboxylic acids is 3. The van der Waals surface area contributed by atoms with Crippen LogP contribution in [0, 0.1) is 5.92 Å². The summed E-state index contributed by atoms with van der Waals surface area (Å²) in [4.78, 5) is 43.6. The van der Waals surface area contributed by atoms with Gasteiger partial charge in [-0.15, -0.1) is 0 Å². The highest BCUT2D eigenvalue weighted by molar-refractivity contribution is 5.89. The van der Waals surface area contributed by atoms with Crippen molar-refractivity contribution in [2.75, 3.05) is 32.1 Å². The lowest BCUT2D eigenvalue weighted by atomic mass is 9.79. The molecule has 0 unspecified atom stereocenters. The van der Waals surface area contributed by atoms with E-state index in [1.807, 2.05) is 51.1 Å². The van der Waals surface area contributed by atoms with Crippen molar-refractivity contribution in [3.8, 4) is 11.1 Å². The van der Waals surface area contributed by atoms with Crippen LogP contribution in [0.5, 0.6) is 0 Å². The molecule has 0 spiro atoms. The van der Waals surface area contributed by atoms with E-state index in [-0.39, 0.29) is 29.9 Å². The van der Waals surface area contributed by atoms with Crippen molar-refractivity contribution in [2.24, 2.45) is 5.92 Å². The number of nitrogens with one attached hydrogen (secondary N) is 1. The third kappa shape index (κ3) is 8.38. The number of ether oxygens (including phenoxy) is 2. The molecular formula is C41H50N4O5. The van der Waals surface area contributed by atoms with E-state index in [0.717, 1.165) is 64.7 Å². The molecule has 9 heteroatoms. The molecule has 6 rings (SSSR count). The molecule has 1 N–H and O–H groups in total. The Morgan fingerprint density at radius 3 is 2.40 bits per heavy atom. The molecule has 2 heterocycles. The Hall–Kier alpha value is -4.63. The van der Waals surface area contributed by atoms with Gasteiger partial charge >= 0.3 is 6.09 Å². The average Bonchev–Trinajstić information content (AvgIpc) is 3.88. The summed E-state index contributed by atoms with van der Waals surface area (Å²) in [6, 6.07) is 24.8. The van der Waals surface area contributed by atoms with Crippen LogP contribution in [0.1, 0.15) is 70.4 Å². The number of aryl methyl sites for hydroxylation is 1. The Labute approximate surface area is 295 Å². The minimum Gasteiger partial charge on any atom is -0.444 e. The Morgan fingerprint density at radius 1 is 0.940 bits per heavy atom. The van der Waals surface area contributed by atoms with Gasteiger partial charge in [-0.3, -0.25) is 9.59 Å². The van der Waals surface area contributed by atoms with Crippen molar-refractivity contribution in [1.29, 1.82) is 0 Å². The number of hydrogen-bond acceptors (Lipinski definition) is 5. The van der Waals surface area contributed by atoms with E-state index in [2.05, 4.69) is 63.4 Å². The fourth-order valence-electron chi connectivity index (χ4n) is 7.17. The quantitative estimate of drug-likeness (QED) is 0.163. The summed E-state index contributed by atoms with van der Waals surface area (Å²) in [6.07, 6.45) is 5.35. The fraction of sp³-hybridized carbons (Fsp3) is 0.439. The van der Waals surface area contributed by atoms with E-state index in [4.69, 9.17) is 9.47 Å². The Bertz CT molecular complexity index is 1820. The van der Waals surface area contributed by atoms with Crippen LogP contribution < -0.4 is 5.32 Å². The molecule has 1 saturated heterocycles. The van der Waals surface area contributed by atoms with Gasteiger partial charge in [-0.1, -0.05) is 54.6 Å². The van der Waals surface area contributed by atoms with Crippen molar-refractivity contribution in [3.05, 3.63) is 90.1 Å². The van der Waals surface area contributed by atoms with Crippen molar-refractivity contribution in [3.63, 3.8) is 0 Å². The third-order valence-corrected chi connectivity index (χ3v) is 9.67. The molecule has 0 bridgehead atoms. The Balaban J connectivity index is 1.31. The predicted molar refractivity (Wildman–Crippen MR) is 197 cm³/mol. The van der Waals surface area contributed by atoms with Crippen LogP contribution in [0.4, 0.5) is 10.5 Å². The topological polar surface area (TPSA) is 93.1 Å². The van der Waals surface area contributed by atoms with Gasteiger partial charge in [0, 0.05) is 75.6 Å². The smallest absolute Gasteiger partial charge is 0.410 e. The predicted octanol–water partition coefficient (Wildman–Crippen LogP) is 7.84. The van der Waals surface area contributed by atoms with Crippen molar-refractivity contribution in [1.82, 2.24) is 14.4 Å². The van der Waals surface area contributed by atoms with Gasteiger partial charge in [-0.2, -0.15) is 0 Å². The number of piperidine rings is 1. The standard InChI is InChI=1S/C41H50N4O5/c1-28(46)42-33-16-14-29(15-17-33)30-10-8-11-31(24-30)35-20-22-44(40(48)50-41(2,3)4)27-37(35)39(47)45(34-18-19-34)26-32-25-43(21-9-23-49-5)38-13-7-6-12-36(32)38/h6-8,10-17,24-25,34-35,37H,9,18-23,26-27H2,1-5H3,(H,42,46)/t35-,37+/m1/s1. The first-order valence-electron chi connectivity index (χ1n) is 17.8. The van der Waals surface area contributed by atoms with Crippen LogP contribution in [-0.2, 0) is 32.2 Å². The highest BCUT2D eigenvalue weighted by atomic mass is 16.6. The fourth-order valence-corrected chi connectivity index (χ4v) is 7.17. The minimum atomic E-state index is -0.630. The normalized spacial score (nSPS) is 17.8. The van der Waals surface area contributed by atoms with Gasteiger partial charge < -0.3 is 29.2 Å². The zero-order chi connectivity index (χ0) is 35.4. The summed E-state index contributed by atoms with van der Waals surface area (Å²) in [5, 5.41) is 3.99. The second-order valence-electron chi connectivity index (χ2n) is 14.7. The summed E-state index contributed by atoms with van der Waals surface area (Å²) in [6.45, 7) is 9.98. The number of fused-ring (bicyclic) bond motifs is 1. The lowest BCUT2D eigenvalue weighted by Gasteiger charge is -2.40. The number of para-hydroxylation sites is 1. The lowest BCUT2D eigenvalue weighted by molar-refractivity contribution is -0.139. The van der Waals surface area contributed by atoms with Gasteiger partial charge in [-0.05, 0) is 92.8 Å². The van der Waals surface area contributed by atoms with Gasteiger partial charge in [0.05, 0.1) is 5.92 Å². The zero-order valence-electron chi connectivity index (χ0n) is 30.0. The van der Waals surface area contributed by atoms with Crippen molar-refractivity contribution < 1.29 is 23.9 Å². The monoisotopic (exact) mass is 678 g/mol. The molecular weight excluding hydrogens is 628 g/mol. The zero-order valence-corrected chi connectivity index (χ0v) is 30.0. The van der Waals surface area contributed by atoms with Gasteiger partial charge in [0.2, 0.25) is 11.8 Å². The van der Waals surface area contributed by atoms with Crippen molar-refractivity contribution >= 4 is 34.5 Å². The molecule has 1 saturated carbocycles. The van der Waals surface area contributed by atoms with E-state index in [0.29, 0.717) is 32.7 Å². The molecule has 0 radical (unpaired) electrons. The van der Waals surface area contributed by atoms with E-state index in [9.17, 15) is 14.4 Å². The summed E-state index contributed by atoms with van der Waals surface area (Å²) in [5.74, 6) is -0.519. The van der Waals surface area contributed by atoms with Crippen molar-refractivity contribution in [2.45, 2.75) is 84.0 Å². The van der Waals surface area contributed by atoms with Crippen LogP contribution in [-0.4, -0.2) is 70.7 Å². The van der Waals surface area contributed by atoms with Crippen LogP contribution in [0.3, 0.4) is 0 Å². The number of benzene rings is 3. The number of likely N-dealkylation sites (tertiary alicyclic amines) is 1. The number of hydrogen-bond donors (Lipinski definition) is 1. The number of anilines is 1. The molecule has 2 aliphatic rings. The van der Waals surface area contributed by atoms with Gasteiger partial charge in [0.15, 0.2) is 0 Å². The first kappa shape index (κ1) is 35.2. The number of amides is 3. The van der Waals surface area contributed by atoms with E-state index in [1.165, 1.54) is 6.92 Å². The third-order valence-electron chi connectivity index (χ3n) is 9.67. The maximum atomic E-state index is 14.9. The first-order chi connectivity index (χ1) is 24.0. The number of rotatable bonds is 11. The van der Waals surface area contributed by atoms with Gasteiger partial charge in [-0.25, -0.2) is 4.79 Å². The van der Waals surface area contributed by atoms with Crippen LogP contribution in [0.15, 0.2) is 79.0 Å². The molecule has 1 aromatic heterocycles. The minimum absolute atomic E-state index is 0.0728. The van der Waals surface area contributed by atoms with Gasteiger partial charge in [0.1, 0.15) is 5.60 Å².